The van der Waals surface area contributed by atoms with E-state index in [2.05, 4.69) is 69.3 Å². The Kier molecular flexibility index (Phi) is 14.7. The van der Waals surface area contributed by atoms with E-state index < -0.39 is 0 Å². The third kappa shape index (κ3) is 11.4. The van der Waals surface area contributed by atoms with Gasteiger partial charge in [-0.2, -0.15) is 0 Å². The van der Waals surface area contributed by atoms with Crippen molar-refractivity contribution in [1.29, 1.82) is 0 Å². The average Bonchev–Trinajstić information content (AvgIpc) is 3.60. The lowest BCUT2D eigenvalue weighted by atomic mass is 9.86. The summed E-state index contributed by atoms with van der Waals surface area (Å²) >= 11 is 0. The van der Waals surface area contributed by atoms with Gasteiger partial charge in [-0.3, -0.25) is 0 Å². The first-order chi connectivity index (χ1) is 22.5. The Balaban J connectivity index is 1.20. The molecule has 3 unspecified atom stereocenters. The third-order valence-electron chi connectivity index (χ3n) is 10.4. The highest BCUT2D eigenvalue weighted by molar-refractivity contribution is 5.23. The molecule has 7 atom stereocenters. The Morgan fingerprint density at radius 1 is 0.935 bits per heavy atom. The quantitative estimate of drug-likeness (QED) is 0.0913. The molecular formula is C41H62O5. The normalized spacial score (nSPS) is 28.8. The summed E-state index contributed by atoms with van der Waals surface area (Å²) in [6.07, 6.45) is 24.3. The van der Waals surface area contributed by atoms with E-state index >= 15 is 0 Å². The van der Waals surface area contributed by atoms with E-state index in [0.717, 1.165) is 83.4 Å². The van der Waals surface area contributed by atoms with Crippen LogP contribution in [-0.4, -0.2) is 38.5 Å². The summed E-state index contributed by atoms with van der Waals surface area (Å²) < 4.78 is 31.9. The number of hydrogen-bond acceptors (Lipinski definition) is 5. The van der Waals surface area contributed by atoms with Crippen molar-refractivity contribution in [2.75, 3.05) is 19.8 Å². The second-order valence-electron chi connectivity index (χ2n) is 14.7. The Morgan fingerprint density at radius 2 is 1.72 bits per heavy atom. The molecule has 1 aromatic carbocycles. The van der Waals surface area contributed by atoms with Gasteiger partial charge in [0.25, 0.3) is 0 Å². The van der Waals surface area contributed by atoms with Gasteiger partial charge < -0.3 is 23.7 Å². The second kappa shape index (κ2) is 19.2. The smallest absolute Gasteiger partial charge is 0.199 e. The summed E-state index contributed by atoms with van der Waals surface area (Å²) in [7, 11) is 0. The molecule has 2 heterocycles. The van der Waals surface area contributed by atoms with Gasteiger partial charge in [0.2, 0.25) is 0 Å². The van der Waals surface area contributed by atoms with Crippen LogP contribution in [0.25, 0.3) is 0 Å². The molecule has 46 heavy (non-hydrogen) atoms. The molecule has 4 aliphatic rings. The van der Waals surface area contributed by atoms with Crippen molar-refractivity contribution in [2.45, 2.75) is 142 Å². The molecule has 5 heteroatoms. The number of unbranched alkanes of at least 4 members (excludes halogenated alkanes) is 2. The van der Waals surface area contributed by atoms with Gasteiger partial charge in [-0.25, -0.2) is 0 Å². The molecule has 2 saturated heterocycles. The van der Waals surface area contributed by atoms with Crippen LogP contribution in [0.2, 0.25) is 0 Å². The van der Waals surface area contributed by atoms with Gasteiger partial charge in [0.05, 0.1) is 19.3 Å². The summed E-state index contributed by atoms with van der Waals surface area (Å²) in [6, 6.07) is 10.5. The molecule has 0 spiro atoms. The minimum atomic E-state index is -0.135. The Bertz CT molecular complexity index is 1090. The van der Waals surface area contributed by atoms with E-state index in [1.165, 1.54) is 49.7 Å². The molecule has 1 aromatic rings. The molecule has 5 nitrogen and oxygen atoms in total. The van der Waals surface area contributed by atoms with Crippen molar-refractivity contribution in [3.8, 4) is 0 Å². The first kappa shape index (κ1) is 35.4. The lowest BCUT2D eigenvalue weighted by Gasteiger charge is -2.34. The Labute approximate surface area is 280 Å². The highest BCUT2D eigenvalue weighted by Gasteiger charge is 2.49. The lowest BCUT2D eigenvalue weighted by molar-refractivity contribution is -0.200. The van der Waals surface area contributed by atoms with Gasteiger partial charge in [-0.15, -0.1) is 0 Å². The van der Waals surface area contributed by atoms with Crippen LogP contribution in [0.1, 0.15) is 123 Å². The monoisotopic (exact) mass is 634 g/mol. The zero-order chi connectivity index (χ0) is 32.0. The van der Waals surface area contributed by atoms with Crippen LogP contribution in [0.3, 0.4) is 0 Å². The van der Waals surface area contributed by atoms with Gasteiger partial charge in [0.15, 0.2) is 12.6 Å². The summed E-state index contributed by atoms with van der Waals surface area (Å²) in [5.74, 6) is 3.09. The average molecular weight is 635 g/mol. The van der Waals surface area contributed by atoms with Gasteiger partial charge in [0, 0.05) is 25.6 Å². The zero-order valence-corrected chi connectivity index (χ0v) is 29.1. The third-order valence-corrected chi connectivity index (χ3v) is 10.4. The molecule has 0 aromatic heterocycles. The molecule has 0 radical (unpaired) electrons. The van der Waals surface area contributed by atoms with Crippen LogP contribution in [-0.2, 0) is 30.3 Å². The highest BCUT2D eigenvalue weighted by Crippen LogP contribution is 2.52. The minimum Gasteiger partial charge on any atom is -0.469 e. The fourth-order valence-corrected chi connectivity index (χ4v) is 7.82. The number of hydrogen-bond donors (Lipinski definition) is 0. The maximum atomic E-state index is 6.87. The number of fused-ring (bicyclic) bond motifs is 1. The molecule has 256 valence electrons. The van der Waals surface area contributed by atoms with Gasteiger partial charge in [0.1, 0.15) is 5.76 Å². The topological polar surface area (TPSA) is 46.2 Å². The van der Waals surface area contributed by atoms with Crippen molar-refractivity contribution in [3.05, 3.63) is 71.0 Å². The van der Waals surface area contributed by atoms with E-state index in [9.17, 15) is 0 Å². The Hall–Kier alpha value is -1.92. The molecule has 2 aliphatic carbocycles. The van der Waals surface area contributed by atoms with Crippen LogP contribution >= 0.6 is 0 Å². The Morgan fingerprint density at radius 3 is 2.46 bits per heavy atom. The largest absolute Gasteiger partial charge is 0.469 e. The summed E-state index contributed by atoms with van der Waals surface area (Å²) in [5, 5.41) is 0. The fourth-order valence-electron chi connectivity index (χ4n) is 7.82. The first-order valence-electron chi connectivity index (χ1n) is 18.7. The van der Waals surface area contributed by atoms with Crippen molar-refractivity contribution in [3.63, 3.8) is 0 Å². The highest BCUT2D eigenvalue weighted by atomic mass is 16.7. The minimum absolute atomic E-state index is 0.0807. The van der Waals surface area contributed by atoms with Gasteiger partial charge in [-0.05, 0) is 127 Å². The SMILES string of the molecule is CC(C)=CCCC(C)CC=C(OC1CCCCO1)[C@@H]1[C@@H]2CC(CCCCCOCc3ccccc3)=C[C@@H]2C[C@H]1OC1CCCCO1. The molecule has 0 amide bonds. The van der Waals surface area contributed by atoms with Crippen LogP contribution in [0.5, 0.6) is 0 Å². The molecule has 0 bridgehead atoms. The first-order valence-corrected chi connectivity index (χ1v) is 18.7. The molecular weight excluding hydrogens is 572 g/mol. The number of rotatable bonds is 18. The molecule has 3 fully saturated rings. The number of ether oxygens (including phenoxy) is 5. The van der Waals surface area contributed by atoms with E-state index in [1.807, 2.05) is 0 Å². The van der Waals surface area contributed by atoms with Crippen LogP contribution in [0.4, 0.5) is 0 Å². The summed E-state index contributed by atoms with van der Waals surface area (Å²) in [5.41, 5.74) is 4.30. The molecule has 0 N–H and O–H groups in total. The fraction of sp³-hybridized carbons (Fsp3) is 0.707. The van der Waals surface area contributed by atoms with Crippen LogP contribution in [0.15, 0.2) is 65.5 Å². The van der Waals surface area contributed by atoms with Gasteiger partial charge in [-0.1, -0.05) is 67.0 Å². The van der Waals surface area contributed by atoms with Gasteiger partial charge >= 0.3 is 0 Å². The van der Waals surface area contributed by atoms with Crippen LogP contribution < -0.4 is 0 Å². The summed E-state index contributed by atoms with van der Waals surface area (Å²) in [4.78, 5) is 0. The maximum Gasteiger partial charge on any atom is 0.199 e. The second-order valence-corrected chi connectivity index (χ2v) is 14.7. The number of benzene rings is 1. The van der Waals surface area contributed by atoms with Crippen molar-refractivity contribution >= 4 is 0 Å². The van der Waals surface area contributed by atoms with E-state index in [1.54, 1.807) is 5.57 Å². The molecule has 2 aliphatic heterocycles. The predicted molar refractivity (Wildman–Crippen MR) is 186 cm³/mol. The predicted octanol–water partition coefficient (Wildman–Crippen LogP) is 10.5. The summed E-state index contributed by atoms with van der Waals surface area (Å²) in [6.45, 7) is 9.93. The molecule has 5 rings (SSSR count). The van der Waals surface area contributed by atoms with E-state index in [0.29, 0.717) is 24.4 Å². The van der Waals surface area contributed by atoms with Crippen molar-refractivity contribution < 1.29 is 23.7 Å². The van der Waals surface area contributed by atoms with E-state index in [-0.39, 0.29) is 24.6 Å². The maximum absolute atomic E-state index is 6.87. The van der Waals surface area contributed by atoms with Crippen LogP contribution in [0, 0.1) is 23.7 Å². The van der Waals surface area contributed by atoms with E-state index in [4.69, 9.17) is 23.7 Å². The lowest BCUT2D eigenvalue weighted by Crippen LogP contribution is -2.34. The van der Waals surface area contributed by atoms with Crippen molar-refractivity contribution in [1.82, 2.24) is 0 Å². The standard InChI is InChI=1S/C41H62O5/c1-31(2)15-14-16-32(3)22-23-37(45-39-20-9-12-25-43-39)41-36-28-34(19-8-5-11-24-42-30-33-17-6-4-7-18-33)27-35(36)29-38(41)46-40-21-10-13-26-44-40/h4,6-7,15,17-18,23,27,32,35-36,38-41H,5,8-14,16,19-22,24-26,28-30H2,1-3H3/t32?,35-,36-,38-,39?,40?,41+/m1/s1. The molecule has 1 saturated carbocycles. The van der Waals surface area contributed by atoms with Crippen molar-refractivity contribution in [2.24, 2.45) is 23.7 Å². The number of allylic oxidation sites excluding steroid dienone is 5. The zero-order valence-electron chi connectivity index (χ0n) is 29.1.